The summed E-state index contributed by atoms with van der Waals surface area (Å²) in [4.78, 5) is 0. The zero-order valence-corrected chi connectivity index (χ0v) is 11.4. The van der Waals surface area contributed by atoms with E-state index in [2.05, 4.69) is 4.72 Å². The van der Waals surface area contributed by atoms with Gasteiger partial charge in [0, 0.05) is 12.1 Å². The van der Waals surface area contributed by atoms with Gasteiger partial charge in [-0.2, -0.15) is 0 Å². The van der Waals surface area contributed by atoms with Gasteiger partial charge < -0.3 is 10.5 Å². The highest BCUT2D eigenvalue weighted by atomic mass is 32.2. The second kappa shape index (κ2) is 7.21. The second-order valence-corrected chi connectivity index (χ2v) is 6.34. The molecule has 0 rings (SSSR count). The van der Waals surface area contributed by atoms with Crippen molar-refractivity contribution in [1.82, 2.24) is 4.72 Å². The fourth-order valence-electron chi connectivity index (χ4n) is 1.36. The molecule has 3 N–H and O–H groups in total. The number of rotatable bonds is 8. The van der Waals surface area contributed by atoms with Crippen molar-refractivity contribution in [2.24, 2.45) is 5.73 Å². The number of nitrogens with one attached hydrogen (secondary N) is 1. The average Bonchev–Trinajstić information content (AvgIpc) is 1.98. The standard InChI is InChI=1S/C10H24N2O3S/c1-8(2)15-5-6-16(13,14)12-10(4)7-9(3)11/h8-10,12H,5-7,11H2,1-4H3. The Bertz CT molecular complexity index is 276. The summed E-state index contributed by atoms with van der Waals surface area (Å²) in [5.74, 6) is -0.00548. The lowest BCUT2D eigenvalue weighted by molar-refractivity contribution is 0.0911. The fourth-order valence-corrected chi connectivity index (χ4v) is 2.51. The highest BCUT2D eigenvalue weighted by Gasteiger charge is 2.15. The Morgan fingerprint density at radius 3 is 2.25 bits per heavy atom. The molecule has 98 valence electrons. The van der Waals surface area contributed by atoms with E-state index in [4.69, 9.17) is 10.5 Å². The predicted molar refractivity (Wildman–Crippen MR) is 65.7 cm³/mol. The molecule has 16 heavy (non-hydrogen) atoms. The lowest BCUT2D eigenvalue weighted by Crippen LogP contribution is -2.38. The molecule has 0 aromatic rings. The van der Waals surface area contributed by atoms with Gasteiger partial charge in [0.1, 0.15) is 0 Å². The predicted octanol–water partition coefficient (Wildman–Crippen LogP) is 0.457. The number of ether oxygens (including phenoxy) is 1. The quantitative estimate of drug-likeness (QED) is 0.657. The molecule has 0 aliphatic heterocycles. The Morgan fingerprint density at radius 2 is 1.81 bits per heavy atom. The van der Waals surface area contributed by atoms with Crippen LogP contribution in [0.15, 0.2) is 0 Å². The molecule has 5 nitrogen and oxygen atoms in total. The van der Waals surface area contributed by atoms with Crippen molar-refractivity contribution < 1.29 is 13.2 Å². The molecule has 0 radical (unpaired) electrons. The van der Waals surface area contributed by atoms with E-state index >= 15 is 0 Å². The van der Waals surface area contributed by atoms with Crippen molar-refractivity contribution in [1.29, 1.82) is 0 Å². The first-order valence-electron chi connectivity index (χ1n) is 5.60. The van der Waals surface area contributed by atoms with E-state index in [9.17, 15) is 8.42 Å². The minimum absolute atomic E-state index is 0.00548. The van der Waals surface area contributed by atoms with Gasteiger partial charge in [-0.3, -0.25) is 0 Å². The molecule has 6 heteroatoms. The second-order valence-electron chi connectivity index (χ2n) is 4.47. The number of hydrogen-bond acceptors (Lipinski definition) is 4. The van der Waals surface area contributed by atoms with E-state index in [1.54, 1.807) is 0 Å². The molecule has 0 saturated heterocycles. The van der Waals surface area contributed by atoms with Crippen LogP contribution in [0.25, 0.3) is 0 Å². The van der Waals surface area contributed by atoms with Crippen LogP contribution >= 0.6 is 0 Å². The average molecular weight is 252 g/mol. The van der Waals surface area contributed by atoms with Crippen LogP contribution in [-0.4, -0.2) is 39.0 Å². The van der Waals surface area contributed by atoms with Gasteiger partial charge in [0.15, 0.2) is 0 Å². The third kappa shape index (κ3) is 9.08. The molecule has 0 amide bonds. The van der Waals surface area contributed by atoms with E-state index in [0.29, 0.717) is 6.42 Å². The van der Waals surface area contributed by atoms with Crippen LogP contribution in [0.4, 0.5) is 0 Å². The van der Waals surface area contributed by atoms with E-state index in [0.717, 1.165) is 0 Å². The normalized spacial score (nSPS) is 16.4. The molecule has 0 fully saturated rings. The topological polar surface area (TPSA) is 81.4 Å². The molecule has 0 saturated carbocycles. The summed E-state index contributed by atoms with van der Waals surface area (Å²) in [6.07, 6.45) is 0.682. The first-order valence-corrected chi connectivity index (χ1v) is 7.25. The SMILES string of the molecule is CC(N)CC(C)NS(=O)(=O)CCOC(C)C. The molecular weight excluding hydrogens is 228 g/mol. The molecule has 0 aromatic heterocycles. The fraction of sp³-hybridized carbons (Fsp3) is 1.00. The Balaban J connectivity index is 3.95. The first-order chi connectivity index (χ1) is 7.23. The van der Waals surface area contributed by atoms with Crippen molar-refractivity contribution >= 4 is 10.0 Å². The lowest BCUT2D eigenvalue weighted by atomic mass is 10.1. The van der Waals surface area contributed by atoms with Crippen LogP contribution in [0.5, 0.6) is 0 Å². The maximum Gasteiger partial charge on any atom is 0.214 e. The third-order valence-electron chi connectivity index (χ3n) is 1.91. The number of sulfonamides is 1. The van der Waals surface area contributed by atoms with Gasteiger partial charge in [0.2, 0.25) is 10.0 Å². The van der Waals surface area contributed by atoms with Gasteiger partial charge in [-0.05, 0) is 34.1 Å². The van der Waals surface area contributed by atoms with Crippen LogP contribution in [0.2, 0.25) is 0 Å². The van der Waals surface area contributed by atoms with E-state index in [-0.39, 0.29) is 30.5 Å². The summed E-state index contributed by atoms with van der Waals surface area (Å²) in [5.41, 5.74) is 5.59. The molecule has 2 unspecified atom stereocenters. The van der Waals surface area contributed by atoms with E-state index in [1.807, 2.05) is 27.7 Å². The largest absolute Gasteiger partial charge is 0.378 e. The molecule has 0 aliphatic carbocycles. The number of nitrogens with two attached hydrogens (primary N) is 1. The Labute approximate surface area is 98.8 Å². The summed E-state index contributed by atoms with van der Waals surface area (Å²) in [5, 5.41) is 0. The minimum atomic E-state index is -3.25. The van der Waals surface area contributed by atoms with Crippen LogP contribution in [0.1, 0.15) is 34.1 Å². The molecule has 0 aromatic carbocycles. The zero-order chi connectivity index (χ0) is 12.8. The molecule has 0 aliphatic rings. The van der Waals surface area contributed by atoms with Crippen molar-refractivity contribution in [3.8, 4) is 0 Å². The molecule has 0 heterocycles. The molecular formula is C10H24N2O3S. The number of hydrogen-bond donors (Lipinski definition) is 2. The van der Waals surface area contributed by atoms with Gasteiger partial charge in [-0.25, -0.2) is 13.1 Å². The summed E-state index contributed by atoms with van der Waals surface area (Å²) < 4.78 is 30.9. The Morgan fingerprint density at radius 1 is 1.25 bits per heavy atom. The highest BCUT2D eigenvalue weighted by Crippen LogP contribution is 1.98. The van der Waals surface area contributed by atoms with Crippen LogP contribution in [0, 0.1) is 0 Å². The smallest absolute Gasteiger partial charge is 0.214 e. The highest BCUT2D eigenvalue weighted by molar-refractivity contribution is 7.89. The zero-order valence-electron chi connectivity index (χ0n) is 10.6. The van der Waals surface area contributed by atoms with Crippen LogP contribution in [0.3, 0.4) is 0 Å². The summed E-state index contributed by atoms with van der Waals surface area (Å²) >= 11 is 0. The van der Waals surface area contributed by atoms with E-state index in [1.165, 1.54) is 0 Å². The summed E-state index contributed by atoms with van der Waals surface area (Å²) in [7, 11) is -3.25. The third-order valence-corrected chi connectivity index (χ3v) is 3.37. The molecule has 0 spiro atoms. The van der Waals surface area contributed by atoms with Crippen molar-refractivity contribution in [3.63, 3.8) is 0 Å². The Hall–Kier alpha value is -0.170. The molecule has 2 atom stereocenters. The maximum absolute atomic E-state index is 11.6. The van der Waals surface area contributed by atoms with E-state index < -0.39 is 10.0 Å². The van der Waals surface area contributed by atoms with Gasteiger partial charge in [0.25, 0.3) is 0 Å². The van der Waals surface area contributed by atoms with Crippen LogP contribution < -0.4 is 10.5 Å². The summed E-state index contributed by atoms with van der Waals surface area (Å²) in [6.45, 7) is 7.63. The minimum Gasteiger partial charge on any atom is -0.378 e. The van der Waals surface area contributed by atoms with Crippen molar-refractivity contribution in [2.75, 3.05) is 12.4 Å². The molecule has 0 bridgehead atoms. The maximum atomic E-state index is 11.6. The monoisotopic (exact) mass is 252 g/mol. The lowest BCUT2D eigenvalue weighted by Gasteiger charge is -2.16. The van der Waals surface area contributed by atoms with Crippen LogP contribution in [-0.2, 0) is 14.8 Å². The Kier molecular flexibility index (Phi) is 7.14. The van der Waals surface area contributed by atoms with Gasteiger partial charge in [-0.15, -0.1) is 0 Å². The van der Waals surface area contributed by atoms with Gasteiger partial charge in [-0.1, -0.05) is 0 Å². The van der Waals surface area contributed by atoms with Crippen molar-refractivity contribution in [3.05, 3.63) is 0 Å². The van der Waals surface area contributed by atoms with Gasteiger partial charge >= 0.3 is 0 Å². The summed E-state index contributed by atoms with van der Waals surface area (Å²) in [6, 6.07) is -0.145. The van der Waals surface area contributed by atoms with Gasteiger partial charge in [0.05, 0.1) is 18.5 Å². The first kappa shape index (κ1) is 15.8. The van der Waals surface area contributed by atoms with Crippen molar-refractivity contribution in [2.45, 2.75) is 52.3 Å².